The Morgan fingerprint density at radius 1 is 0.500 bits per heavy atom. The van der Waals surface area contributed by atoms with Gasteiger partial charge in [0.2, 0.25) is 35.7 Å². The summed E-state index contributed by atoms with van der Waals surface area (Å²) in [5.74, 6) is -3.38. The Balaban J connectivity index is 0.0000106. The van der Waals surface area contributed by atoms with E-state index in [1.165, 1.54) is 12.1 Å². The Bertz CT molecular complexity index is 2530. The van der Waals surface area contributed by atoms with Crippen molar-refractivity contribution in [1.29, 1.82) is 0 Å². The van der Waals surface area contributed by atoms with Crippen molar-refractivity contribution in [3.8, 4) is 0 Å². The Morgan fingerprint density at radius 3 is 1.09 bits per heavy atom. The van der Waals surface area contributed by atoms with Gasteiger partial charge in [-0.2, -0.15) is 29.9 Å². The third-order valence-corrected chi connectivity index (χ3v) is 10.7. The predicted molar refractivity (Wildman–Crippen MR) is 213 cm³/mol. The summed E-state index contributed by atoms with van der Waals surface area (Å²) in [4.78, 5) is 22.3. The third kappa shape index (κ3) is 24.6. The van der Waals surface area contributed by atoms with Gasteiger partial charge >= 0.3 is 206 Å². The molecule has 0 radical (unpaired) electrons. The second-order valence-corrected chi connectivity index (χ2v) is 18.2. The van der Waals surface area contributed by atoms with Crippen molar-refractivity contribution in [3.63, 3.8) is 0 Å². The smallest absolute Gasteiger partial charge is 0.748 e. The molecule has 0 fully saturated rings. The van der Waals surface area contributed by atoms with Crippen LogP contribution in [-0.4, -0.2) is 165 Å². The van der Waals surface area contributed by atoms with Gasteiger partial charge in [0.05, 0.1) is 67.0 Å². The van der Waals surface area contributed by atoms with Gasteiger partial charge in [0.15, 0.2) is 0 Å². The molecule has 0 aliphatic heterocycles. The molecule has 0 aliphatic rings. The summed E-state index contributed by atoms with van der Waals surface area (Å²) in [5.41, 5.74) is -0.767. The fourth-order valence-corrected chi connectivity index (χ4v) is 6.77. The maximum atomic E-state index is 12.4. The quantitative estimate of drug-likeness (QED) is 0.0177. The number of aliphatic hydroxyl groups is 4. The molecule has 2 aromatic heterocycles. The summed E-state index contributed by atoms with van der Waals surface area (Å²) < 4.78 is 141. The molecule has 0 saturated heterocycles. The monoisotopic (exact) mass is 1100 g/mol. The zero-order valence-corrected chi connectivity index (χ0v) is 51.2. The Hall–Kier alpha value is 1.03. The molecule has 2 atom stereocenters. The molecule has 0 aliphatic carbocycles. The molecular formula is C30H36K4N12O16S4. The first-order chi connectivity index (χ1) is 28.9. The summed E-state index contributed by atoms with van der Waals surface area (Å²) in [5, 5.41) is 53.0. The van der Waals surface area contributed by atoms with Crippen molar-refractivity contribution in [2.24, 2.45) is 0 Å². The first kappa shape index (κ1) is 67.0. The fourth-order valence-electron chi connectivity index (χ4n) is 4.67. The Labute approximate surface area is 548 Å². The number of aromatic nitrogens is 6. The van der Waals surface area contributed by atoms with Crippen molar-refractivity contribution in [2.45, 2.75) is 22.0 Å². The average Bonchev–Trinajstić information content (AvgIpc) is 3.17. The SMILES string of the molecule is O=S(=O)([O-])CCNc1nc(NCC(O)CO)nc(Nc2ccc(C=Cc3ccc(Nc4nc(NCCS(=O)(=O)[O-])nc(NCC(O)CO)n4)cc3S(=O)(=O)[O-])c(S(=O)(=O)[O-])c2)n1.[K+].[K+].[K+].[K+]. The van der Waals surface area contributed by atoms with E-state index in [-0.39, 0.29) is 277 Å². The number of hydrogen-bond donors (Lipinski definition) is 10. The minimum absolute atomic E-state index is 0. The zero-order valence-electron chi connectivity index (χ0n) is 35.4. The summed E-state index contributed by atoms with van der Waals surface area (Å²) >= 11 is 0. The van der Waals surface area contributed by atoms with Crippen molar-refractivity contribution in [2.75, 3.05) is 82.8 Å². The van der Waals surface area contributed by atoms with E-state index in [9.17, 15) is 62.1 Å². The van der Waals surface area contributed by atoms with E-state index in [4.69, 9.17) is 10.2 Å². The minimum Gasteiger partial charge on any atom is -0.748 e. The summed E-state index contributed by atoms with van der Waals surface area (Å²) in [6, 6.07) is 6.50. The Kier molecular flexibility index (Phi) is 31.4. The predicted octanol–water partition coefficient (Wildman–Crippen LogP) is -15.0. The van der Waals surface area contributed by atoms with Crippen molar-refractivity contribution in [3.05, 3.63) is 47.5 Å². The fraction of sp³-hybridized carbons (Fsp3) is 0.333. The van der Waals surface area contributed by atoms with Crippen LogP contribution in [0.25, 0.3) is 12.2 Å². The number of anilines is 8. The van der Waals surface area contributed by atoms with Gasteiger partial charge in [0.1, 0.15) is 20.2 Å². The molecule has 66 heavy (non-hydrogen) atoms. The Morgan fingerprint density at radius 2 is 0.803 bits per heavy atom. The van der Waals surface area contributed by atoms with Crippen LogP contribution in [0, 0.1) is 0 Å². The van der Waals surface area contributed by atoms with Crippen LogP contribution in [0.15, 0.2) is 46.2 Å². The number of benzene rings is 2. The van der Waals surface area contributed by atoms with Gasteiger partial charge in [0, 0.05) is 37.6 Å². The van der Waals surface area contributed by atoms with Gasteiger partial charge in [-0.1, -0.05) is 24.3 Å². The molecule has 4 rings (SSSR count). The molecule has 2 unspecified atom stereocenters. The molecule has 340 valence electrons. The van der Waals surface area contributed by atoms with E-state index < -0.39 is 100 Å². The first-order valence-corrected chi connectivity index (χ1v) is 23.2. The second-order valence-electron chi connectivity index (χ2n) is 12.4. The molecule has 0 saturated carbocycles. The van der Waals surface area contributed by atoms with Crippen LogP contribution in [0.2, 0.25) is 0 Å². The van der Waals surface area contributed by atoms with Crippen LogP contribution in [0.1, 0.15) is 11.1 Å². The van der Waals surface area contributed by atoms with Gasteiger partial charge in [-0.05, 0) is 35.4 Å². The van der Waals surface area contributed by atoms with Crippen LogP contribution in [0.5, 0.6) is 0 Å². The van der Waals surface area contributed by atoms with E-state index in [1.807, 2.05) is 0 Å². The number of nitrogens with one attached hydrogen (secondary N) is 6. The van der Waals surface area contributed by atoms with Crippen molar-refractivity contribution < 1.29 is 278 Å². The maximum Gasteiger partial charge on any atom is 1.00 e. The molecule has 0 bridgehead atoms. The number of hydrogen-bond acceptors (Lipinski definition) is 28. The summed E-state index contributed by atoms with van der Waals surface area (Å²) in [6.07, 6.45) is -0.445. The molecule has 2 aromatic carbocycles. The molecule has 28 nitrogen and oxygen atoms in total. The van der Waals surface area contributed by atoms with Gasteiger partial charge in [-0.15, -0.1) is 0 Å². The van der Waals surface area contributed by atoms with E-state index >= 15 is 0 Å². The van der Waals surface area contributed by atoms with Crippen LogP contribution in [-0.2, 0) is 40.5 Å². The van der Waals surface area contributed by atoms with Crippen molar-refractivity contribution in [1.82, 2.24) is 29.9 Å². The van der Waals surface area contributed by atoms with E-state index in [0.29, 0.717) is 0 Å². The summed E-state index contributed by atoms with van der Waals surface area (Å²) in [6.45, 7) is -2.65. The van der Waals surface area contributed by atoms with Crippen LogP contribution in [0.4, 0.5) is 47.1 Å². The molecule has 4 aromatic rings. The third-order valence-electron chi connectivity index (χ3n) is 7.47. The van der Waals surface area contributed by atoms with E-state index in [0.717, 1.165) is 36.4 Å². The van der Waals surface area contributed by atoms with Gasteiger partial charge in [0.25, 0.3) is 0 Å². The molecular weight excluding hydrogens is 1070 g/mol. The average molecular weight is 1110 g/mol. The number of aliphatic hydroxyl groups excluding tert-OH is 4. The molecule has 0 amide bonds. The number of rotatable bonds is 24. The normalized spacial score (nSPS) is 12.5. The van der Waals surface area contributed by atoms with Crippen LogP contribution >= 0.6 is 0 Å². The van der Waals surface area contributed by atoms with E-state index in [1.54, 1.807) is 0 Å². The van der Waals surface area contributed by atoms with Gasteiger partial charge in [-0.25, -0.2) is 33.7 Å². The molecule has 10 N–H and O–H groups in total. The van der Waals surface area contributed by atoms with Gasteiger partial charge in [-0.3, -0.25) is 0 Å². The van der Waals surface area contributed by atoms with Crippen LogP contribution in [0.3, 0.4) is 0 Å². The summed E-state index contributed by atoms with van der Waals surface area (Å²) in [7, 11) is -19.8. The zero-order chi connectivity index (χ0) is 45.9. The number of nitrogens with zero attached hydrogens (tertiary/aromatic N) is 6. The van der Waals surface area contributed by atoms with Crippen molar-refractivity contribution >= 4 is 99.7 Å². The molecule has 2 heterocycles. The van der Waals surface area contributed by atoms with Gasteiger partial charge < -0.3 is 70.5 Å². The standard InChI is InChI=1S/C30H40N12O16S4.4K/c43-15-21(45)13-33-27-37-25(31-7-9-59(47,48)49)39-29(41-27)35-19-5-3-17(23(11-19)61(53,54)55)1-2-18-4-6-20(12-24(18)62(56,57)58)36-30-40-26(32-8-10-60(50,51)52)38-28(42-30)34-14-22(46)16-44;;;;/h1-6,11-12,21-22,43-46H,7-10,13-16H2,(H,47,48,49)(H,50,51,52)(H,53,54,55)(H,56,57,58)(H3,31,33,35,37,39,41)(H3,32,34,36,38,40,42);;;;/q;4*+1/p-4. The van der Waals surface area contributed by atoms with E-state index in [2.05, 4.69) is 61.8 Å². The first-order valence-electron chi connectivity index (χ1n) is 17.3. The maximum absolute atomic E-state index is 12.4. The largest absolute Gasteiger partial charge is 1.00 e. The molecule has 0 spiro atoms. The second kappa shape index (κ2) is 30.9. The van der Waals surface area contributed by atoms with Crippen LogP contribution < -0.4 is 237 Å². The minimum atomic E-state index is -5.27. The topological polar surface area (TPSA) is 459 Å². The molecule has 36 heteroatoms.